The fourth-order valence-electron chi connectivity index (χ4n) is 1.70. The number of likely N-dealkylation sites (N-methyl/N-ethyl adjacent to an activating group) is 1. The van der Waals surface area contributed by atoms with Crippen molar-refractivity contribution < 1.29 is 4.74 Å². The Morgan fingerprint density at radius 1 is 0.952 bits per heavy atom. The summed E-state index contributed by atoms with van der Waals surface area (Å²) in [7, 11) is 4.06. The minimum atomic E-state index is 0.614. The van der Waals surface area contributed by atoms with Gasteiger partial charge in [0.25, 0.3) is 0 Å². The Bertz CT molecular complexity index is 585. The molecule has 4 nitrogen and oxygen atoms in total. The first kappa shape index (κ1) is 15.5. The number of nitrogen functional groups attached to an aromatic ring is 2. The van der Waals surface area contributed by atoms with Crippen LogP contribution in [0.3, 0.4) is 0 Å². The molecule has 0 fully saturated rings. The Hall–Kier alpha value is -1.85. The Labute approximate surface area is 130 Å². The van der Waals surface area contributed by atoms with Crippen molar-refractivity contribution in [2.75, 3.05) is 38.7 Å². The van der Waals surface area contributed by atoms with E-state index >= 15 is 0 Å². The number of anilines is 2. The Morgan fingerprint density at radius 2 is 1.62 bits per heavy atom. The zero-order valence-corrected chi connectivity index (χ0v) is 13.2. The van der Waals surface area contributed by atoms with Crippen LogP contribution in [0.15, 0.2) is 52.3 Å². The van der Waals surface area contributed by atoms with Gasteiger partial charge >= 0.3 is 0 Å². The molecule has 2 rings (SSSR count). The van der Waals surface area contributed by atoms with Crippen molar-refractivity contribution in [2.45, 2.75) is 9.79 Å². The van der Waals surface area contributed by atoms with Gasteiger partial charge in [0.05, 0.1) is 11.4 Å². The van der Waals surface area contributed by atoms with Gasteiger partial charge in [0, 0.05) is 16.3 Å². The van der Waals surface area contributed by atoms with Gasteiger partial charge < -0.3 is 21.1 Å². The molecule has 0 heterocycles. The number of nitrogens with zero attached hydrogens (tertiary/aromatic N) is 1. The van der Waals surface area contributed by atoms with Crippen LogP contribution in [-0.4, -0.2) is 32.1 Å². The molecule has 0 spiro atoms. The highest BCUT2D eigenvalue weighted by atomic mass is 32.2. The van der Waals surface area contributed by atoms with Crippen LogP contribution in [0.1, 0.15) is 0 Å². The summed E-state index contributed by atoms with van der Waals surface area (Å²) < 4.78 is 5.67. The first-order valence-corrected chi connectivity index (χ1v) is 7.56. The Morgan fingerprint density at radius 3 is 2.24 bits per heavy atom. The van der Waals surface area contributed by atoms with Gasteiger partial charge in [-0.25, -0.2) is 0 Å². The van der Waals surface area contributed by atoms with Crippen molar-refractivity contribution in [1.29, 1.82) is 0 Å². The standard InChI is InChI=1S/C16H21N3OS/c1-19(2)9-10-20-12-3-5-13(6-4-12)21-14-7-8-15(17)16(18)11-14/h3-8,11H,9-10,17-18H2,1-2H3. The molecule has 21 heavy (non-hydrogen) atoms. The van der Waals surface area contributed by atoms with E-state index in [9.17, 15) is 0 Å². The van der Waals surface area contributed by atoms with Crippen molar-refractivity contribution in [3.05, 3.63) is 42.5 Å². The van der Waals surface area contributed by atoms with Crippen LogP contribution in [0.5, 0.6) is 5.75 Å². The maximum absolute atomic E-state index is 5.82. The lowest BCUT2D eigenvalue weighted by Crippen LogP contribution is -2.19. The molecule has 0 aliphatic heterocycles. The van der Waals surface area contributed by atoms with Crippen LogP contribution in [0.25, 0.3) is 0 Å². The van der Waals surface area contributed by atoms with Gasteiger partial charge in [0.2, 0.25) is 0 Å². The lowest BCUT2D eigenvalue weighted by atomic mass is 10.3. The molecule has 0 unspecified atom stereocenters. The van der Waals surface area contributed by atoms with Crippen molar-refractivity contribution >= 4 is 23.1 Å². The summed E-state index contributed by atoms with van der Waals surface area (Å²) in [5.74, 6) is 0.887. The molecule has 0 amide bonds. The summed E-state index contributed by atoms with van der Waals surface area (Å²) in [6.45, 7) is 1.59. The lowest BCUT2D eigenvalue weighted by molar-refractivity contribution is 0.261. The van der Waals surface area contributed by atoms with Gasteiger partial charge in [0.1, 0.15) is 12.4 Å². The second-order valence-electron chi connectivity index (χ2n) is 5.02. The predicted octanol–water partition coefficient (Wildman–Crippen LogP) is 2.94. The normalized spacial score (nSPS) is 10.8. The predicted molar refractivity (Wildman–Crippen MR) is 89.9 cm³/mol. The largest absolute Gasteiger partial charge is 0.492 e. The molecule has 0 radical (unpaired) electrons. The number of nitrogens with two attached hydrogens (primary N) is 2. The summed E-state index contributed by atoms with van der Waals surface area (Å²) >= 11 is 1.65. The SMILES string of the molecule is CN(C)CCOc1ccc(Sc2ccc(N)c(N)c2)cc1. The summed E-state index contributed by atoms with van der Waals surface area (Å²) in [5, 5.41) is 0. The molecule has 0 bridgehead atoms. The highest BCUT2D eigenvalue weighted by Gasteiger charge is 2.01. The molecule has 0 aliphatic carbocycles. The zero-order chi connectivity index (χ0) is 15.2. The van der Waals surface area contributed by atoms with E-state index in [0.717, 1.165) is 22.1 Å². The fraction of sp³-hybridized carbons (Fsp3) is 0.250. The monoisotopic (exact) mass is 303 g/mol. The minimum absolute atomic E-state index is 0.614. The Kier molecular flexibility index (Phi) is 5.36. The zero-order valence-electron chi connectivity index (χ0n) is 12.4. The van der Waals surface area contributed by atoms with E-state index in [4.69, 9.17) is 16.2 Å². The van der Waals surface area contributed by atoms with E-state index in [2.05, 4.69) is 4.90 Å². The second-order valence-corrected chi connectivity index (χ2v) is 6.16. The second kappa shape index (κ2) is 7.24. The molecule has 0 aliphatic rings. The number of hydrogen-bond donors (Lipinski definition) is 2. The van der Waals surface area contributed by atoms with Crippen molar-refractivity contribution in [3.8, 4) is 5.75 Å². The van der Waals surface area contributed by atoms with Crippen LogP contribution in [0, 0.1) is 0 Å². The third-order valence-electron chi connectivity index (χ3n) is 2.92. The van der Waals surface area contributed by atoms with Crippen molar-refractivity contribution in [2.24, 2.45) is 0 Å². The Balaban J connectivity index is 1.94. The maximum atomic E-state index is 5.82. The van der Waals surface area contributed by atoms with Crippen LogP contribution in [0.4, 0.5) is 11.4 Å². The average Bonchev–Trinajstić information content (AvgIpc) is 2.44. The average molecular weight is 303 g/mol. The van der Waals surface area contributed by atoms with Gasteiger partial charge in [-0.2, -0.15) is 0 Å². The highest BCUT2D eigenvalue weighted by molar-refractivity contribution is 7.99. The number of rotatable bonds is 6. The number of benzene rings is 2. The van der Waals surface area contributed by atoms with E-state index in [1.807, 2.05) is 56.6 Å². The molecule has 2 aromatic rings. The molecule has 0 saturated carbocycles. The fourth-order valence-corrected chi connectivity index (χ4v) is 2.57. The van der Waals surface area contributed by atoms with E-state index in [1.165, 1.54) is 0 Å². The summed E-state index contributed by atoms with van der Waals surface area (Å²) in [6.07, 6.45) is 0. The van der Waals surface area contributed by atoms with E-state index in [0.29, 0.717) is 18.0 Å². The van der Waals surface area contributed by atoms with Gasteiger partial charge in [-0.3, -0.25) is 0 Å². The van der Waals surface area contributed by atoms with Crippen LogP contribution < -0.4 is 16.2 Å². The molecule has 0 atom stereocenters. The van der Waals surface area contributed by atoms with Gasteiger partial charge in [-0.15, -0.1) is 0 Å². The third kappa shape index (κ3) is 4.88. The molecule has 0 aromatic heterocycles. The molecule has 112 valence electrons. The first-order valence-electron chi connectivity index (χ1n) is 6.75. The van der Waals surface area contributed by atoms with Gasteiger partial charge in [0.15, 0.2) is 0 Å². The third-order valence-corrected chi connectivity index (χ3v) is 3.92. The summed E-state index contributed by atoms with van der Waals surface area (Å²) in [6, 6.07) is 13.7. The van der Waals surface area contributed by atoms with E-state index in [1.54, 1.807) is 11.8 Å². The van der Waals surface area contributed by atoms with Crippen LogP contribution in [-0.2, 0) is 0 Å². The van der Waals surface area contributed by atoms with E-state index < -0.39 is 0 Å². The smallest absolute Gasteiger partial charge is 0.119 e. The molecule has 0 saturated heterocycles. The van der Waals surface area contributed by atoms with Crippen LogP contribution >= 0.6 is 11.8 Å². The minimum Gasteiger partial charge on any atom is -0.492 e. The summed E-state index contributed by atoms with van der Waals surface area (Å²) in [5.41, 5.74) is 12.8. The van der Waals surface area contributed by atoms with Gasteiger partial charge in [-0.05, 0) is 56.6 Å². The lowest BCUT2D eigenvalue weighted by Gasteiger charge is -2.11. The highest BCUT2D eigenvalue weighted by Crippen LogP contribution is 2.31. The topological polar surface area (TPSA) is 64.5 Å². The van der Waals surface area contributed by atoms with Gasteiger partial charge in [-0.1, -0.05) is 11.8 Å². The van der Waals surface area contributed by atoms with Crippen molar-refractivity contribution in [3.63, 3.8) is 0 Å². The number of ether oxygens (including phenoxy) is 1. The number of hydrogen-bond acceptors (Lipinski definition) is 5. The van der Waals surface area contributed by atoms with Crippen molar-refractivity contribution in [1.82, 2.24) is 4.90 Å². The van der Waals surface area contributed by atoms with Crippen LogP contribution in [0.2, 0.25) is 0 Å². The molecule has 4 N–H and O–H groups in total. The molecule has 5 heteroatoms. The maximum Gasteiger partial charge on any atom is 0.119 e. The van der Waals surface area contributed by atoms with E-state index in [-0.39, 0.29) is 0 Å². The molecular formula is C16H21N3OS. The quantitative estimate of drug-likeness (QED) is 0.803. The molecular weight excluding hydrogens is 282 g/mol. The molecule has 2 aromatic carbocycles. The first-order chi connectivity index (χ1) is 10.0. The summed E-state index contributed by atoms with van der Waals surface area (Å²) in [4.78, 5) is 4.30.